The molecule has 1 aliphatic heterocycles. The number of β-amino-alcohol motifs (C(OH)–C–C–N with tert-alkyl or cyclic N) is 1. The molecular weight excluding hydrogens is 194 g/mol. The molecule has 1 aliphatic rings. The molecule has 1 heterocycles. The van der Waals surface area contributed by atoms with Crippen LogP contribution in [0.4, 0.5) is 0 Å². The van der Waals surface area contributed by atoms with Gasteiger partial charge in [0.1, 0.15) is 0 Å². The molecular formula is C6H12N3O3S-. The first-order chi connectivity index (χ1) is 6.13. The summed E-state index contributed by atoms with van der Waals surface area (Å²) in [5.41, 5.74) is 2.46. The Kier molecular flexibility index (Phi) is 3.94. The molecule has 0 radical (unpaired) electrons. The molecule has 0 bridgehead atoms. The van der Waals surface area contributed by atoms with Gasteiger partial charge in [0.05, 0.1) is 19.8 Å². The van der Waals surface area contributed by atoms with Crippen molar-refractivity contribution in [2.24, 2.45) is 0 Å². The van der Waals surface area contributed by atoms with Crippen LogP contribution in [-0.2, 0) is 17.4 Å². The van der Waals surface area contributed by atoms with Gasteiger partial charge in [-0.3, -0.25) is 15.1 Å². The Morgan fingerprint density at radius 1 is 1.69 bits per heavy atom. The second kappa shape index (κ2) is 4.77. The van der Waals surface area contributed by atoms with E-state index >= 15 is 0 Å². The topological polar surface area (TPSA) is 76.0 Å². The van der Waals surface area contributed by atoms with E-state index in [2.05, 4.69) is 5.43 Å². The van der Waals surface area contributed by atoms with Crippen LogP contribution in [0.1, 0.15) is 0 Å². The fourth-order valence-corrected chi connectivity index (χ4v) is 1.42. The summed E-state index contributed by atoms with van der Waals surface area (Å²) in [4.78, 5) is 12.0. The Bertz CT molecular complexity index is 192. The van der Waals surface area contributed by atoms with Crippen LogP contribution in [0.25, 0.3) is 0 Å². The minimum Gasteiger partial charge on any atom is -0.757 e. The van der Waals surface area contributed by atoms with Gasteiger partial charge < -0.3 is 22.8 Å². The van der Waals surface area contributed by atoms with Crippen molar-refractivity contribution in [3.8, 4) is 0 Å². The van der Waals surface area contributed by atoms with Crippen molar-refractivity contribution in [2.75, 3.05) is 26.4 Å². The van der Waals surface area contributed by atoms with Gasteiger partial charge in [0.2, 0.25) is 0 Å². The van der Waals surface area contributed by atoms with E-state index in [1.165, 1.54) is 0 Å². The Balaban J connectivity index is 2.37. The lowest BCUT2D eigenvalue weighted by atomic mass is 10.6. The summed E-state index contributed by atoms with van der Waals surface area (Å²) in [7, 11) is 0. The largest absolute Gasteiger partial charge is 0.757 e. The number of carboxylic acids is 1. The summed E-state index contributed by atoms with van der Waals surface area (Å²) in [6, 6.07) is 0. The fourth-order valence-electron chi connectivity index (χ4n) is 1.13. The van der Waals surface area contributed by atoms with E-state index < -0.39 is 11.5 Å². The van der Waals surface area contributed by atoms with Crippen LogP contribution in [-0.4, -0.2) is 58.0 Å². The lowest BCUT2D eigenvalue weighted by Crippen LogP contribution is -2.38. The van der Waals surface area contributed by atoms with Crippen LogP contribution in [0.3, 0.4) is 0 Å². The number of hydrazine groups is 1. The Labute approximate surface area is 81.5 Å². The zero-order valence-electron chi connectivity index (χ0n) is 7.01. The minimum absolute atomic E-state index is 0.0238. The summed E-state index contributed by atoms with van der Waals surface area (Å²) >= 11 is 4.96. The second-order valence-corrected chi connectivity index (χ2v) is 3.20. The SMILES string of the molecule is O=C(O)CN1CN(CCO)NC1[S-]. The molecule has 1 saturated heterocycles. The summed E-state index contributed by atoms with van der Waals surface area (Å²) in [5.74, 6) is -0.900. The number of hydrogen-bond donors (Lipinski definition) is 3. The van der Waals surface area contributed by atoms with Gasteiger partial charge in [0, 0.05) is 6.54 Å². The highest BCUT2D eigenvalue weighted by Gasteiger charge is 2.22. The van der Waals surface area contributed by atoms with Crippen LogP contribution in [0, 0.1) is 0 Å². The summed E-state index contributed by atoms with van der Waals surface area (Å²) in [6.45, 7) is 0.823. The Morgan fingerprint density at radius 3 is 2.92 bits per heavy atom. The molecule has 0 saturated carbocycles. The zero-order valence-corrected chi connectivity index (χ0v) is 7.83. The van der Waals surface area contributed by atoms with Crippen molar-refractivity contribution in [3.63, 3.8) is 0 Å². The van der Waals surface area contributed by atoms with E-state index in [1.54, 1.807) is 9.91 Å². The first kappa shape index (κ1) is 10.7. The molecule has 7 heteroatoms. The van der Waals surface area contributed by atoms with Crippen molar-refractivity contribution in [3.05, 3.63) is 0 Å². The van der Waals surface area contributed by atoms with Gasteiger partial charge in [0.25, 0.3) is 0 Å². The number of nitrogens with one attached hydrogen (secondary N) is 1. The molecule has 0 amide bonds. The van der Waals surface area contributed by atoms with E-state index in [0.29, 0.717) is 13.2 Å². The van der Waals surface area contributed by atoms with Crippen LogP contribution < -0.4 is 5.43 Å². The van der Waals surface area contributed by atoms with E-state index in [0.717, 1.165) is 0 Å². The van der Waals surface area contributed by atoms with Crippen LogP contribution in [0.15, 0.2) is 0 Å². The quantitative estimate of drug-likeness (QED) is 0.458. The maximum Gasteiger partial charge on any atom is 0.317 e. The van der Waals surface area contributed by atoms with Gasteiger partial charge >= 0.3 is 5.97 Å². The normalized spacial score (nSPS) is 25.2. The van der Waals surface area contributed by atoms with Gasteiger partial charge in [-0.25, -0.2) is 5.01 Å². The van der Waals surface area contributed by atoms with Crippen LogP contribution in [0.5, 0.6) is 0 Å². The van der Waals surface area contributed by atoms with Gasteiger partial charge in [-0.05, 0) is 5.50 Å². The number of nitrogens with zero attached hydrogens (tertiary/aromatic N) is 2. The number of aliphatic hydroxyl groups excluding tert-OH is 1. The van der Waals surface area contributed by atoms with Crippen LogP contribution in [0.2, 0.25) is 0 Å². The average molecular weight is 206 g/mol. The third-order valence-electron chi connectivity index (χ3n) is 1.69. The van der Waals surface area contributed by atoms with Gasteiger partial charge in [0.15, 0.2) is 0 Å². The highest BCUT2D eigenvalue weighted by molar-refractivity contribution is 7.59. The molecule has 3 N–H and O–H groups in total. The second-order valence-electron chi connectivity index (χ2n) is 2.75. The molecule has 76 valence electrons. The van der Waals surface area contributed by atoms with E-state index in [1.807, 2.05) is 0 Å². The van der Waals surface area contributed by atoms with Crippen molar-refractivity contribution in [1.29, 1.82) is 0 Å². The molecule has 0 aromatic rings. The molecule has 13 heavy (non-hydrogen) atoms. The molecule has 1 fully saturated rings. The number of carbonyl (C=O) groups is 1. The van der Waals surface area contributed by atoms with E-state index in [4.69, 9.17) is 22.8 Å². The standard InChI is InChI=1S/C6H13N3O3S/c10-2-1-9-4-8(3-5(11)12)6(13)7-9/h6-7,10,13H,1-4H2,(H,11,12)/p-1. The predicted molar refractivity (Wildman–Crippen MR) is 47.3 cm³/mol. The Hall–Kier alpha value is -0.340. The first-order valence-electron chi connectivity index (χ1n) is 3.87. The maximum atomic E-state index is 10.4. The lowest BCUT2D eigenvalue weighted by Gasteiger charge is -2.25. The number of rotatable bonds is 4. The van der Waals surface area contributed by atoms with Crippen molar-refractivity contribution >= 4 is 18.6 Å². The molecule has 1 rings (SSSR count). The van der Waals surface area contributed by atoms with E-state index in [-0.39, 0.29) is 13.2 Å². The zero-order chi connectivity index (χ0) is 9.84. The minimum atomic E-state index is -0.900. The summed E-state index contributed by atoms with van der Waals surface area (Å²) in [6.07, 6.45) is 0. The first-order valence-corrected chi connectivity index (χ1v) is 4.34. The molecule has 0 aromatic heterocycles. The maximum absolute atomic E-state index is 10.4. The average Bonchev–Trinajstić information content (AvgIpc) is 2.31. The van der Waals surface area contributed by atoms with Gasteiger partial charge in [-0.1, -0.05) is 0 Å². The highest BCUT2D eigenvalue weighted by Crippen LogP contribution is 2.05. The molecule has 6 nitrogen and oxygen atoms in total. The summed E-state index contributed by atoms with van der Waals surface area (Å²) in [5, 5.41) is 18.8. The third-order valence-corrected chi connectivity index (χ3v) is 2.09. The smallest absolute Gasteiger partial charge is 0.317 e. The monoisotopic (exact) mass is 206 g/mol. The van der Waals surface area contributed by atoms with Crippen molar-refractivity contribution < 1.29 is 15.0 Å². The number of hydrogen-bond acceptors (Lipinski definition) is 6. The van der Waals surface area contributed by atoms with Gasteiger partial charge in [-0.15, -0.1) is 0 Å². The third kappa shape index (κ3) is 3.12. The van der Waals surface area contributed by atoms with E-state index in [9.17, 15) is 4.79 Å². The Morgan fingerprint density at radius 2 is 2.38 bits per heavy atom. The molecule has 0 spiro atoms. The molecule has 1 atom stereocenters. The highest BCUT2D eigenvalue weighted by atomic mass is 32.1. The number of aliphatic carboxylic acids is 1. The van der Waals surface area contributed by atoms with Crippen LogP contribution >= 0.6 is 0 Å². The van der Waals surface area contributed by atoms with Crippen molar-refractivity contribution in [1.82, 2.24) is 15.3 Å². The molecule has 0 aliphatic carbocycles. The molecule has 0 aromatic carbocycles. The molecule has 1 unspecified atom stereocenters. The number of carboxylic acid groups (broad SMARTS) is 1. The number of aliphatic hydroxyl groups is 1. The predicted octanol–water partition coefficient (Wildman–Crippen LogP) is -2.03. The van der Waals surface area contributed by atoms with Crippen molar-refractivity contribution in [2.45, 2.75) is 5.50 Å². The lowest BCUT2D eigenvalue weighted by molar-refractivity contribution is -0.138. The summed E-state index contributed by atoms with van der Waals surface area (Å²) < 4.78 is 0. The van der Waals surface area contributed by atoms with Gasteiger partial charge in [-0.2, -0.15) is 0 Å². The fraction of sp³-hybridized carbons (Fsp3) is 0.833.